The molecule has 4 nitrogen and oxygen atoms in total. The van der Waals surface area contributed by atoms with Crippen LogP contribution >= 0.6 is 34.8 Å². The van der Waals surface area contributed by atoms with Crippen LogP contribution in [0.1, 0.15) is 28.2 Å². The van der Waals surface area contributed by atoms with Gasteiger partial charge in [0.2, 0.25) is 0 Å². The largest absolute Gasteiger partial charge is 0.352 e. The van der Waals surface area contributed by atoms with Crippen LogP contribution in [0, 0.1) is 0 Å². The van der Waals surface area contributed by atoms with E-state index in [-0.39, 0.29) is 5.91 Å². The van der Waals surface area contributed by atoms with E-state index in [0.717, 1.165) is 35.3 Å². The topological polar surface area (TPSA) is 46.9 Å². The lowest BCUT2D eigenvalue weighted by molar-refractivity contribution is 0.0953. The first-order valence-corrected chi connectivity index (χ1v) is 11.1. The van der Waals surface area contributed by atoms with Crippen molar-refractivity contribution in [2.24, 2.45) is 0 Å². The number of hydrogen-bond donors (Lipinski definition) is 1. The van der Waals surface area contributed by atoms with Gasteiger partial charge in [-0.2, -0.15) is 0 Å². The number of hydrogen-bond acceptors (Lipinski definition) is 2. The Hall–Kier alpha value is -2.53. The smallest absolute Gasteiger partial charge is 0.251 e. The molecule has 158 valence electrons. The minimum Gasteiger partial charge on any atom is -0.352 e. The number of halogens is 3. The molecule has 4 rings (SSSR count). The van der Waals surface area contributed by atoms with E-state index in [4.69, 9.17) is 39.8 Å². The van der Waals surface area contributed by atoms with Gasteiger partial charge in [0.25, 0.3) is 5.91 Å². The second kappa shape index (κ2) is 9.73. The van der Waals surface area contributed by atoms with Gasteiger partial charge in [0.1, 0.15) is 5.82 Å². The SMILES string of the molecule is O=C(NCCCc1nc2ccccc2n1Cc1ccc(Cl)c(Cl)c1)c1ccc(Cl)cc1. The second-order valence-corrected chi connectivity index (χ2v) is 8.47. The number of imidazole rings is 1. The summed E-state index contributed by atoms with van der Waals surface area (Å²) in [6.07, 6.45) is 1.50. The Balaban J connectivity index is 1.45. The van der Waals surface area contributed by atoms with Gasteiger partial charge in [0.15, 0.2) is 0 Å². The summed E-state index contributed by atoms with van der Waals surface area (Å²) in [5.41, 5.74) is 3.66. The Morgan fingerprint density at radius 1 is 0.935 bits per heavy atom. The summed E-state index contributed by atoms with van der Waals surface area (Å²) in [6.45, 7) is 1.20. The predicted molar refractivity (Wildman–Crippen MR) is 127 cm³/mol. The normalized spacial score (nSPS) is 11.1. The first-order chi connectivity index (χ1) is 15.0. The van der Waals surface area contributed by atoms with Gasteiger partial charge in [-0.3, -0.25) is 4.79 Å². The molecule has 0 saturated carbocycles. The van der Waals surface area contributed by atoms with Crippen molar-refractivity contribution in [2.45, 2.75) is 19.4 Å². The summed E-state index contributed by atoms with van der Waals surface area (Å²) in [5, 5.41) is 4.64. The summed E-state index contributed by atoms with van der Waals surface area (Å²) < 4.78 is 2.19. The number of rotatable bonds is 7. The number of carbonyl (C=O) groups excluding carboxylic acids is 1. The van der Waals surface area contributed by atoms with Gasteiger partial charge >= 0.3 is 0 Å². The van der Waals surface area contributed by atoms with E-state index in [1.807, 2.05) is 36.4 Å². The zero-order valence-corrected chi connectivity index (χ0v) is 18.9. The maximum Gasteiger partial charge on any atom is 0.251 e. The van der Waals surface area contributed by atoms with Crippen LogP contribution in [0.25, 0.3) is 11.0 Å². The number of aromatic nitrogens is 2. The Kier molecular flexibility index (Phi) is 6.81. The lowest BCUT2D eigenvalue weighted by atomic mass is 10.2. The molecule has 0 atom stereocenters. The molecule has 0 fully saturated rings. The molecular formula is C24H20Cl3N3O. The fourth-order valence-corrected chi connectivity index (χ4v) is 3.91. The molecule has 0 spiro atoms. The zero-order valence-electron chi connectivity index (χ0n) is 16.6. The predicted octanol–water partition coefficient (Wildman–Crippen LogP) is 6.41. The molecule has 1 amide bonds. The molecule has 1 aromatic heterocycles. The van der Waals surface area contributed by atoms with Crippen LogP contribution in [0.15, 0.2) is 66.7 Å². The molecule has 1 N–H and O–H groups in total. The lowest BCUT2D eigenvalue weighted by Gasteiger charge is -2.11. The number of amides is 1. The number of nitrogens with zero attached hydrogens (tertiary/aromatic N) is 2. The highest BCUT2D eigenvalue weighted by Crippen LogP contribution is 2.25. The molecule has 0 radical (unpaired) electrons. The summed E-state index contributed by atoms with van der Waals surface area (Å²) in [6, 6.07) is 20.6. The van der Waals surface area contributed by atoms with E-state index < -0.39 is 0 Å². The average molecular weight is 473 g/mol. The zero-order chi connectivity index (χ0) is 21.8. The number of para-hydroxylation sites is 2. The van der Waals surface area contributed by atoms with Gasteiger partial charge in [-0.25, -0.2) is 4.98 Å². The molecule has 4 aromatic rings. The summed E-state index contributed by atoms with van der Waals surface area (Å²) in [5.74, 6) is 0.856. The van der Waals surface area contributed by atoms with Crippen molar-refractivity contribution < 1.29 is 4.79 Å². The Morgan fingerprint density at radius 3 is 2.48 bits per heavy atom. The minimum absolute atomic E-state index is 0.110. The maximum atomic E-state index is 12.3. The van der Waals surface area contributed by atoms with Gasteiger partial charge in [0, 0.05) is 30.1 Å². The van der Waals surface area contributed by atoms with Crippen molar-refractivity contribution in [3.63, 3.8) is 0 Å². The van der Waals surface area contributed by atoms with Crippen LogP contribution in [-0.2, 0) is 13.0 Å². The van der Waals surface area contributed by atoms with Crippen molar-refractivity contribution in [1.82, 2.24) is 14.9 Å². The van der Waals surface area contributed by atoms with Crippen LogP contribution in [0.4, 0.5) is 0 Å². The quantitative estimate of drug-likeness (QED) is 0.316. The van der Waals surface area contributed by atoms with E-state index in [2.05, 4.69) is 16.0 Å². The van der Waals surface area contributed by atoms with Crippen LogP contribution in [0.3, 0.4) is 0 Å². The van der Waals surface area contributed by atoms with E-state index in [1.54, 1.807) is 24.3 Å². The summed E-state index contributed by atoms with van der Waals surface area (Å²) in [7, 11) is 0. The molecule has 1 heterocycles. The van der Waals surface area contributed by atoms with Crippen molar-refractivity contribution in [3.05, 3.63) is 98.7 Å². The molecule has 3 aromatic carbocycles. The standard InChI is InChI=1S/C24H20Cl3N3O/c25-18-10-8-17(9-11-18)24(31)28-13-3-6-23-29-21-4-1-2-5-22(21)30(23)15-16-7-12-19(26)20(27)14-16/h1-2,4-5,7-12,14H,3,6,13,15H2,(H,28,31). The molecule has 0 aliphatic carbocycles. The summed E-state index contributed by atoms with van der Waals surface area (Å²) in [4.78, 5) is 17.1. The fraction of sp³-hybridized carbons (Fsp3) is 0.167. The van der Waals surface area contributed by atoms with Crippen molar-refractivity contribution in [2.75, 3.05) is 6.54 Å². The molecular weight excluding hydrogens is 453 g/mol. The highest BCUT2D eigenvalue weighted by atomic mass is 35.5. The van der Waals surface area contributed by atoms with E-state index >= 15 is 0 Å². The number of nitrogens with one attached hydrogen (secondary N) is 1. The van der Waals surface area contributed by atoms with Crippen LogP contribution in [0.5, 0.6) is 0 Å². The van der Waals surface area contributed by atoms with Crippen molar-refractivity contribution in [1.29, 1.82) is 0 Å². The molecule has 0 bridgehead atoms. The number of fused-ring (bicyclic) bond motifs is 1. The van der Waals surface area contributed by atoms with Gasteiger partial charge in [-0.05, 0) is 60.5 Å². The van der Waals surface area contributed by atoms with Gasteiger partial charge < -0.3 is 9.88 Å². The van der Waals surface area contributed by atoms with Crippen molar-refractivity contribution in [3.8, 4) is 0 Å². The Morgan fingerprint density at radius 2 is 1.71 bits per heavy atom. The lowest BCUT2D eigenvalue weighted by Crippen LogP contribution is -2.25. The summed E-state index contributed by atoms with van der Waals surface area (Å²) >= 11 is 18.1. The van der Waals surface area contributed by atoms with Gasteiger partial charge in [-0.1, -0.05) is 53.0 Å². The number of aryl methyl sites for hydroxylation is 1. The first-order valence-electron chi connectivity index (χ1n) is 9.93. The minimum atomic E-state index is -0.110. The highest BCUT2D eigenvalue weighted by molar-refractivity contribution is 6.42. The maximum absolute atomic E-state index is 12.3. The van der Waals surface area contributed by atoms with Gasteiger partial charge in [-0.15, -0.1) is 0 Å². The molecule has 0 aliphatic rings. The Labute approximate surface area is 195 Å². The van der Waals surface area contributed by atoms with Crippen LogP contribution in [0.2, 0.25) is 15.1 Å². The van der Waals surface area contributed by atoms with Crippen LogP contribution < -0.4 is 5.32 Å². The number of carbonyl (C=O) groups is 1. The number of benzene rings is 3. The monoisotopic (exact) mass is 471 g/mol. The second-order valence-electron chi connectivity index (χ2n) is 7.22. The van der Waals surface area contributed by atoms with Crippen LogP contribution in [-0.4, -0.2) is 22.0 Å². The third-order valence-corrected chi connectivity index (χ3v) is 6.02. The average Bonchev–Trinajstić information content (AvgIpc) is 3.11. The Bertz CT molecular complexity index is 1220. The molecule has 7 heteroatoms. The van der Waals surface area contributed by atoms with Crippen molar-refractivity contribution >= 4 is 51.7 Å². The first kappa shape index (κ1) is 21.7. The molecule has 0 saturated heterocycles. The van der Waals surface area contributed by atoms with Gasteiger partial charge in [0.05, 0.1) is 21.1 Å². The fourth-order valence-electron chi connectivity index (χ4n) is 3.46. The molecule has 0 aliphatic heterocycles. The third kappa shape index (κ3) is 5.21. The van der Waals surface area contributed by atoms with E-state index in [0.29, 0.717) is 33.7 Å². The third-order valence-electron chi connectivity index (χ3n) is 5.03. The molecule has 0 unspecified atom stereocenters. The molecule has 31 heavy (non-hydrogen) atoms. The van der Waals surface area contributed by atoms with E-state index in [9.17, 15) is 4.79 Å². The highest BCUT2D eigenvalue weighted by Gasteiger charge is 2.12. The van der Waals surface area contributed by atoms with E-state index in [1.165, 1.54) is 0 Å².